The summed E-state index contributed by atoms with van der Waals surface area (Å²) in [5.74, 6) is 9.41. The summed E-state index contributed by atoms with van der Waals surface area (Å²) in [5.41, 5.74) is 3.08. The first-order valence-electron chi connectivity index (χ1n) is 6.25. The Hall–Kier alpha value is -0.0800. The highest BCUT2D eigenvalue weighted by atomic mass is 15.2. The van der Waals surface area contributed by atoms with Crippen LogP contribution in [0.1, 0.15) is 46.0 Å². The first kappa shape index (κ1) is 10.4. The van der Waals surface area contributed by atoms with Gasteiger partial charge in [0, 0.05) is 6.04 Å². The van der Waals surface area contributed by atoms with Crippen LogP contribution in [-0.2, 0) is 0 Å². The van der Waals surface area contributed by atoms with E-state index in [-0.39, 0.29) is 0 Å². The lowest BCUT2D eigenvalue weighted by Gasteiger charge is -2.24. The van der Waals surface area contributed by atoms with Crippen LogP contribution in [0.2, 0.25) is 0 Å². The van der Waals surface area contributed by atoms with Gasteiger partial charge < -0.3 is 0 Å². The second kappa shape index (κ2) is 4.19. The third-order valence-corrected chi connectivity index (χ3v) is 4.44. The van der Waals surface area contributed by atoms with Crippen molar-refractivity contribution in [2.75, 3.05) is 0 Å². The van der Waals surface area contributed by atoms with Gasteiger partial charge in [-0.3, -0.25) is 11.3 Å². The SMILES string of the molecule is CCCC(C)C(NN)C1C2CCCC21. The van der Waals surface area contributed by atoms with Gasteiger partial charge in [0.2, 0.25) is 0 Å². The molecule has 0 aromatic heterocycles. The molecule has 0 heterocycles. The van der Waals surface area contributed by atoms with Crippen molar-refractivity contribution in [1.82, 2.24) is 5.43 Å². The maximum absolute atomic E-state index is 5.70. The molecule has 0 amide bonds. The molecule has 2 heteroatoms. The van der Waals surface area contributed by atoms with E-state index in [1.165, 1.54) is 32.1 Å². The van der Waals surface area contributed by atoms with Crippen LogP contribution < -0.4 is 11.3 Å². The van der Waals surface area contributed by atoms with Crippen molar-refractivity contribution in [3.8, 4) is 0 Å². The van der Waals surface area contributed by atoms with Gasteiger partial charge in [-0.1, -0.05) is 26.7 Å². The maximum atomic E-state index is 5.70. The van der Waals surface area contributed by atoms with Crippen molar-refractivity contribution in [1.29, 1.82) is 0 Å². The molecule has 0 bridgehead atoms. The number of fused-ring (bicyclic) bond motifs is 1. The average Bonchev–Trinajstić information content (AvgIpc) is 2.64. The van der Waals surface area contributed by atoms with Crippen LogP contribution >= 0.6 is 0 Å². The highest BCUT2D eigenvalue weighted by Gasteiger charge is 2.56. The van der Waals surface area contributed by atoms with E-state index in [1.54, 1.807) is 0 Å². The fraction of sp³-hybridized carbons (Fsp3) is 1.00. The van der Waals surface area contributed by atoms with E-state index in [9.17, 15) is 0 Å². The Balaban J connectivity index is 1.87. The summed E-state index contributed by atoms with van der Waals surface area (Å²) in [5, 5.41) is 0. The van der Waals surface area contributed by atoms with Crippen molar-refractivity contribution in [3.05, 3.63) is 0 Å². The molecular weight excluding hydrogens is 172 g/mol. The number of hydrogen-bond acceptors (Lipinski definition) is 2. The van der Waals surface area contributed by atoms with Gasteiger partial charge in [0.25, 0.3) is 0 Å². The molecule has 4 unspecified atom stereocenters. The maximum Gasteiger partial charge on any atom is 0.0269 e. The van der Waals surface area contributed by atoms with Crippen LogP contribution in [0.25, 0.3) is 0 Å². The van der Waals surface area contributed by atoms with Gasteiger partial charge in [0.05, 0.1) is 0 Å². The molecule has 0 aromatic rings. The Kier molecular flexibility index (Phi) is 3.13. The van der Waals surface area contributed by atoms with Crippen molar-refractivity contribution in [2.45, 2.75) is 52.0 Å². The molecule has 2 aliphatic carbocycles. The van der Waals surface area contributed by atoms with E-state index in [0.717, 1.165) is 23.7 Å². The van der Waals surface area contributed by atoms with E-state index in [0.29, 0.717) is 6.04 Å². The quantitative estimate of drug-likeness (QED) is 0.523. The van der Waals surface area contributed by atoms with Gasteiger partial charge in [-0.15, -0.1) is 0 Å². The van der Waals surface area contributed by atoms with Gasteiger partial charge in [-0.25, -0.2) is 0 Å². The van der Waals surface area contributed by atoms with Crippen molar-refractivity contribution >= 4 is 0 Å². The predicted octanol–water partition coefficient (Wildman–Crippen LogP) is 2.30. The van der Waals surface area contributed by atoms with Gasteiger partial charge >= 0.3 is 0 Å². The van der Waals surface area contributed by atoms with Crippen molar-refractivity contribution in [2.24, 2.45) is 29.5 Å². The Morgan fingerprint density at radius 1 is 1.36 bits per heavy atom. The first-order chi connectivity index (χ1) is 6.79. The molecule has 0 aliphatic heterocycles. The van der Waals surface area contributed by atoms with Crippen LogP contribution in [0.15, 0.2) is 0 Å². The predicted molar refractivity (Wildman–Crippen MR) is 59.5 cm³/mol. The fourth-order valence-corrected chi connectivity index (χ4v) is 3.70. The van der Waals surface area contributed by atoms with Gasteiger partial charge in [0.15, 0.2) is 0 Å². The monoisotopic (exact) mass is 196 g/mol. The zero-order chi connectivity index (χ0) is 10.1. The summed E-state index contributed by atoms with van der Waals surface area (Å²) in [6, 6.07) is 0.588. The highest BCUT2D eigenvalue weighted by molar-refractivity contribution is 5.06. The van der Waals surface area contributed by atoms with E-state index in [2.05, 4.69) is 19.3 Å². The molecule has 4 atom stereocenters. The van der Waals surface area contributed by atoms with Gasteiger partial charge in [-0.2, -0.15) is 0 Å². The summed E-state index contributed by atoms with van der Waals surface area (Å²) >= 11 is 0. The Morgan fingerprint density at radius 3 is 2.50 bits per heavy atom. The molecule has 0 spiro atoms. The lowest BCUT2D eigenvalue weighted by Crippen LogP contribution is -2.42. The molecule has 0 saturated heterocycles. The molecule has 2 nitrogen and oxygen atoms in total. The minimum absolute atomic E-state index is 0.588. The van der Waals surface area contributed by atoms with Gasteiger partial charge in [0.1, 0.15) is 0 Å². The fourth-order valence-electron chi connectivity index (χ4n) is 3.70. The molecule has 3 N–H and O–H groups in total. The van der Waals surface area contributed by atoms with Crippen LogP contribution in [0.4, 0.5) is 0 Å². The van der Waals surface area contributed by atoms with Crippen molar-refractivity contribution in [3.63, 3.8) is 0 Å². The Labute approximate surface area is 87.6 Å². The molecule has 14 heavy (non-hydrogen) atoms. The van der Waals surface area contributed by atoms with Gasteiger partial charge in [-0.05, 0) is 42.9 Å². The lowest BCUT2D eigenvalue weighted by atomic mass is 9.90. The molecule has 82 valence electrons. The van der Waals surface area contributed by atoms with E-state index < -0.39 is 0 Å². The van der Waals surface area contributed by atoms with Crippen LogP contribution in [0, 0.1) is 23.7 Å². The highest BCUT2D eigenvalue weighted by Crippen LogP contribution is 2.59. The third-order valence-electron chi connectivity index (χ3n) is 4.44. The topological polar surface area (TPSA) is 38.0 Å². The number of hydrogen-bond donors (Lipinski definition) is 2. The summed E-state index contributed by atoms with van der Waals surface area (Å²) in [4.78, 5) is 0. The zero-order valence-corrected chi connectivity index (χ0v) is 9.50. The standard InChI is InChI=1S/C12H24N2/c1-3-5-8(2)12(14-13)11-9-6-4-7-10(9)11/h8-12,14H,3-7,13H2,1-2H3. The summed E-state index contributed by atoms with van der Waals surface area (Å²) < 4.78 is 0. The molecule has 0 aromatic carbocycles. The second-order valence-corrected chi connectivity index (χ2v) is 5.29. The van der Waals surface area contributed by atoms with E-state index in [1.807, 2.05) is 0 Å². The smallest absolute Gasteiger partial charge is 0.0269 e. The van der Waals surface area contributed by atoms with Crippen LogP contribution in [0.3, 0.4) is 0 Å². The summed E-state index contributed by atoms with van der Waals surface area (Å²) in [7, 11) is 0. The molecule has 2 fully saturated rings. The number of nitrogens with one attached hydrogen (secondary N) is 1. The average molecular weight is 196 g/mol. The van der Waals surface area contributed by atoms with E-state index >= 15 is 0 Å². The number of hydrazine groups is 1. The van der Waals surface area contributed by atoms with E-state index in [4.69, 9.17) is 5.84 Å². The molecule has 2 rings (SSSR count). The third kappa shape index (κ3) is 1.70. The summed E-state index contributed by atoms with van der Waals surface area (Å²) in [6.07, 6.45) is 6.98. The molecule has 0 radical (unpaired) electrons. The molecule has 2 saturated carbocycles. The normalized spacial score (nSPS) is 39.2. The Bertz CT molecular complexity index is 183. The zero-order valence-electron chi connectivity index (χ0n) is 9.50. The van der Waals surface area contributed by atoms with Crippen LogP contribution in [-0.4, -0.2) is 6.04 Å². The summed E-state index contributed by atoms with van der Waals surface area (Å²) in [6.45, 7) is 4.61. The first-order valence-corrected chi connectivity index (χ1v) is 6.25. The molecular formula is C12H24N2. The Morgan fingerprint density at radius 2 is 2.00 bits per heavy atom. The number of rotatable bonds is 5. The lowest BCUT2D eigenvalue weighted by molar-refractivity contribution is 0.297. The van der Waals surface area contributed by atoms with Crippen LogP contribution in [0.5, 0.6) is 0 Å². The number of nitrogens with two attached hydrogens (primary N) is 1. The molecule has 2 aliphatic rings. The minimum atomic E-state index is 0.588. The largest absolute Gasteiger partial charge is 0.271 e. The van der Waals surface area contributed by atoms with Crippen molar-refractivity contribution < 1.29 is 0 Å². The minimum Gasteiger partial charge on any atom is -0.271 e. The second-order valence-electron chi connectivity index (χ2n) is 5.29.